The van der Waals surface area contributed by atoms with E-state index in [1.807, 2.05) is 55.1 Å². The topological polar surface area (TPSA) is 64.2 Å². The molecule has 1 unspecified atom stereocenters. The highest BCUT2D eigenvalue weighted by Gasteiger charge is 2.20. The summed E-state index contributed by atoms with van der Waals surface area (Å²) >= 11 is 0. The van der Waals surface area contributed by atoms with Crippen molar-refractivity contribution >= 4 is 38.8 Å². The van der Waals surface area contributed by atoms with Gasteiger partial charge in [-0.3, -0.25) is 3.97 Å². The summed E-state index contributed by atoms with van der Waals surface area (Å²) in [4.78, 5) is 12.2. The number of rotatable bonds is 9. The lowest BCUT2D eigenvalue weighted by molar-refractivity contribution is 0.0697. The molecule has 0 spiro atoms. The maximum atomic E-state index is 13.6. The van der Waals surface area contributed by atoms with Crippen molar-refractivity contribution in [3.8, 4) is 0 Å². The fourth-order valence-electron chi connectivity index (χ4n) is 3.62. The monoisotopic (exact) mass is 446 g/mol. The first kappa shape index (κ1) is 23.0. The van der Waals surface area contributed by atoms with Crippen LogP contribution in [0.25, 0.3) is 21.8 Å². The summed E-state index contributed by atoms with van der Waals surface area (Å²) < 4.78 is 17.4. The molecule has 6 heteroatoms. The minimum Gasteiger partial charge on any atom is -0.478 e. The van der Waals surface area contributed by atoms with Crippen molar-refractivity contribution < 1.29 is 14.1 Å². The van der Waals surface area contributed by atoms with Crippen molar-refractivity contribution in [2.24, 2.45) is 0 Å². The molecule has 1 atom stereocenters. The summed E-state index contributed by atoms with van der Waals surface area (Å²) in [7, 11) is -1.55. The maximum absolute atomic E-state index is 13.6. The van der Waals surface area contributed by atoms with Crippen LogP contribution in [-0.2, 0) is 17.5 Å². The summed E-state index contributed by atoms with van der Waals surface area (Å²) in [5.41, 5.74) is 2.72. The fraction of sp³-hybridized carbons (Fsp3) is 0.115. The third-order valence-electron chi connectivity index (χ3n) is 4.89. The standard InChI is InChI=1S/C26H26N2O3S/c1-5-9-19(10-6-2)16-27-17-23-22-15-20(26(29)30)13-14-24(22)28(25(23)18-27)32(31)21(11-7-3)12-8-4/h5-15,17-18H,1,3,16H2,2,4H3,(H,29,30)/b10-6-,12-8-,19-9+,21-11+. The third-order valence-corrected chi connectivity index (χ3v) is 6.29. The van der Waals surface area contributed by atoms with E-state index in [-0.39, 0.29) is 5.56 Å². The van der Waals surface area contributed by atoms with Gasteiger partial charge in [-0.05, 0) is 49.8 Å². The van der Waals surface area contributed by atoms with Gasteiger partial charge in [0.15, 0.2) is 11.0 Å². The van der Waals surface area contributed by atoms with Crippen molar-refractivity contribution in [3.63, 3.8) is 0 Å². The first-order chi connectivity index (χ1) is 15.4. The zero-order chi connectivity index (χ0) is 23.3. The van der Waals surface area contributed by atoms with Crippen LogP contribution in [-0.4, -0.2) is 23.8 Å². The van der Waals surface area contributed by atoms with Gasteiger partial charge in [-0.25, -0.2) is 9.00 Å². The van der Waals surface area contributed by atoms with Crippen molar-refractivity contribution in [2.75, 3.05) is 0 Å². The zero-order valence-corrected chi connectivity index (χ0v) is 19.0. The molecule has 2 heterocycles. The van der Waals surface area contributed by atoms with Crippen LogP contribution in [0.15, 0.2) is 103 Å². The summed E-state index contributed by atoms with van der Waals surface area (Å²) in [5.74, 6) is -1.00. The Morgan fingerprint density at radius 3 is 2.38 bits per heavy atom. The van der Waals surface area contributed by atoms with Gasteiger partial charge in [0, 0.05) is 29.7 Å². The first-order valence-electron chi connectivity index (χ1n) is 10.1. The lowest BCUT2D eigenvalue weighted by atomic mass is 10.1. The van der Waals surface area contributed by atoms with Gasteiger partial charge in [0.2, 0.25) is 0 Å². The minimum atomic E-state index is -1.55. The number of aromatic carboxylic acids is 1. The van der Waals surface area contributed by atoms with Crippen LogP contribution in [0, 0.1) is 0 Å². The van der Waals surface area contributed by atoms with Crippen LogP contribution in [0.2, 0.25) is 0 Å². The lowest BCUT2D eigenvalue weighted by Gasteiger charge is -2.09. The predicted octanol–water partition coefficient (Wildman–Crippen LogP) is 6.14. The molecule has 0 saturated heterocycles. The normalized spacial score (nSPS) is 14.1. The molecule has 5 nitrogen and oxygen atoms in total. The molecule has 0 aliphatic rings. The van der Waals surface area contributed by atoms with Gasteiger partial charge >= 0.3 is 5.97 Å². The average Bonchev–Trinajstić information content (AvgIpc) is 3.29. The number of allylic oxidation sites excluding steroid dienone is 9. The van der Waals surface area contributed by atoms with Crippen molar-refractivity contribution in [3.05, 3.63) is 108 Å². The van der Waals surface area contributed by atoms with Crippen molar-refractivity contribution in [2.45, 2.75) is 20.4 Å². The molecular formula is C26H26N2O3S. The second-order valence-corrected chi connectivity index (χ2v) is 8.43. The molecule has 0 saturated carbocycles. The molecule has 0 bridgehead atoms. The average molecular weight is 447 g/mol. The minimum absolute atomic E-state index is 0.187. The summed E-state index contributed by atoms with van der Waals surface area (Å²) in [5, 5.41) is 11.1. The van der Waals surface area contributed by atoms with E-state index in [9.17, 15) is 14.1 Å². The van der Waals surface area contributed by atoms with E-state index >= 15 is 0 Å². The Morgan fingerprint density at radius 1 is 1.03 bits per heavy atom. The van der Waals surface area contributed by atoms with E-state index < -0.39 is 17.0 Å². The van der Waals surface area contributed by atoms with Crippen LogP contribution in [0.1, 0.15) is 24.2 Å². The Morgan fingerprint density at radius 2 is 1.75 bits per heavy atom. The molecule has 0 fully saturated rings. The first-order valence-corrected chi connectivity index (χ1v) is 11.2. The summed E-state index contributed by atoms with van der Waals surface area (Å²) in [6.07, 6.45) is 18.5. The van der Waals surface area contributed by atoms with Crippen LogP contribution in [0.5, 0.6) is 0 Å². The van der Waals surface area contributed by atoms with E-state index in [1.54, 1.807) is 40.4 Å². The van der Waals surface area contributed by atoms with Gasteiger partial charge in [-0.1, -0.05) is 49.6 Å². The van der Waals surface area contributed by atoms with Crippen LogP contribution >= 0.6 is 0 Å². The second kappa shape index (κ2) is 10.1. The Kier molecular flexibility index (Phi) is 7.28. The molecule has 164 valence electrons. The van der Waals surface area contributed by atoms with E-state index in [4.69, 9.17) is 0 Å². The highest BCUT2D eigenvalue weighted by molar-refractivity contribution is 7.88. The van der Waals surface area contributed by atoms with Crippen LogP contribution in [0.3, 0.4) is 0 Å². The molecule has 1 N–H and O–H groups in total. The maximum Gasteiger partial charge on any atom is 0.335 e. The molecular weight excluding hydrogens is 420 g/mol. The molecule has 3 rings (SSSR count). The second-order valence-electron chi connectivity index (χ2n) is 7.09. The highest BCUT2D eigenvalue weighted by atomic mass is 32.2. The molecule has 3 aromatic rings. The summed E-state index contributed by atoms with van der Waals surface area (Å²) in [6, 6.07) is 4.89. The van der Waals surface area contributed by atoms with Gasteiger partial charge in [-0.2, -0.15) is 0 Å². The zero-order valence-electron chi connectivity index (χ0n) is 18.2. The number of carboxylic acid groups (broad SMARTS) is 1. The molecule has 0 aliphatic carbocycles. The number of fused-ring (bicyclic) bond motifs is 3. The van der Waals surface area contributed by atoms with E-state index in [2.05, 4.69) is 13.2 Å². The van der Waals surface area contributed by atoms with Gasteiger partial charge < -0.3 is 9.67 Å². The molecule has 32 heavy (non-hydrogen) atoms. The molecule has 0 aliphatic heterocycles. The number of nitrogens with zero attached hydrogens (tertiary/aromatic N) is 2. The van der Waals surface area contributed by atoms with Gasteiger partial charge in [0.1, 0.15) is 0 Å². The van der Waals surface area contributed by atoms with Crippen LogP contribution in [0.4, 0.5) is 0 Å². The van der Waals surface area contributed by atoms with E-state index in [0.29, 0.717) is 17.0 Å². The Hall–Kier alpha value is -3.64. The Balaban J connectivity index is 2.29. The largest absolute Gasteiger partial charge is 0.478 e. The fourth-order valence-corrected chi connectivity index (χ4v) is 4.96. The molecule has 0 radical (unpaired) electrons. The number of aromatic nitrogens is 2. The predicted molar refractivity (Wildman–Crippen MR) is 134 cm³/mol. The molecule has 1 aromatic carbocycles. The number of hydrogen-bond acceptors (Lipinski definition) is 2. The lowest BCUT2D eigenvalue weighted by Crippen LogP contribution is -2.06. The number of hydrogen-bond donors (Lipinski definition) is 1. The number of benzene rings is 1. The van der Waals surface area contributed by atoms with Gasteiger partial charge in [0.25, 0.3) is 0 Å². The van der Waals surface area contributed by atoms with Gasteiger partial charge in [0.05, 0.1) is 21.5 Å². The van der Waals surface area contributed by atoms with Crippen molar-refractivity contribution in [1.29, 1.82) is 0 Å². The van der Waals surface area contributed by atoms with E-state index in [0.717, 1.165) is 21.9 Å². The summed E-state index contributed by atoms with van der Waals surface area (Å²) in [6.45, 7) is 11.9. The Bertz CT molecular complexity index is 1350. The quantitative estimate of drug-likeness (QED) is 0.402. The highest BCUT2D eigenvalue weighted by Crippen LogP contribution is 2.33. The molecule has 2 aromatic heterocycles. The van der Waals surface area contributed by atoms with Crippen molar-refractivity contribution in [1.82, 2.24) is 8.54 Å². The number of carboxylic acids is 1. The number of carbonyl (C=O) groups is 1. The third kappa shape index (κ3) is 4.50. The van der Waals surface area contributed by atoms with Gasteiger partial charge in [-0.15, -0.1) is 0 Å². The molecule has 0 amide bonds. The van der Waals surface area contributed by atoms with Crippen LogP contribution < -0.4 is 0 Å². The van der Waals surface area contributed by atoms with E-state index in [1.165, 1.54) is 6.07 Å². The smallest absolute Gasteiger partial charge is 0.335 e. The Labute approximate surface area is 190 Å². The SMILES string of the molecule is C=C/C=C(\C=C/C)Cn1cc2c3cc(C(=O)O)ccc3n(S(=O)C(/C=C\C)=C/C=C)c2c1.